The molecule has 0 aliphatic carbocycles. The Labute approximate surface area is 144 Å². The van der Waals surface area contributed by atoms with Gasteiger partial charge < -0.3 is 10.1 Å². The van der Waals surface area contributed by atoms with Crippen LogP contribution < -0.4 is 10.1 Å². The molecule has 2 aromatic rings. The summed E-state index contributed by atoms with van der Waals surface area (Å²) in [7, 11) is 1.44. The molecule has 0 saturated heterocycles. The largest absolute Gasteiger partial charge is 0.495 e. The van der Waals surface area contributed by atoms with Gasteiger partial charge >= 0.3 is 0 Å². The first-order valence-corrected chi connectivity index (χ1v) is 8.19. The lowest BCUT2D eigenvalue weighted by Gasteiger charge is -2.13. The minimum absolute atomic E-state index is 0.115. The maximum absolute atomic E-state index is 12.6. The number of methoxy groups -OCH3 is 1. The second kappa shape index (κ2) is 7.83. The molecule has 0 radical (unpaired) electrons. The van der Waals surface area contributed by atoms with Gasteiger partial charge in [0.15, 0.2) is 0 Å². The molecule has 0 aromatic heterocycles. The van der Waals surface area contributed by atoms with Gasteiger partial charge in [0.25, 0.3) is 11.6 Å². The first-order chi connectivity index (χ1) is 11.4. The predicted octanol–water partition coefficient (Wildman–Crippen LogP) is 4.36. The van der Waals surface area contributed by atoms with E-state index in [1.165, 1.54) is 25.3 Å². The van der Waals surface area contributed by atoms with E-state index in [0.29, 0.717) is 16.6 Å². The van der Waals surface area contributed by atoms with Gasteiger partial charge in [0, 0.05) is 22.3 Å². The van der Waals surface area contributed by atoms with Crippen molar-refractivity contribution in [3.8, 4) is 5.75 Å². The lowest BCUT2D eigenvalue weighted by atomic mass is 10.2. The molecule has 0 atom stereocenters. The number of non-ortho nitro benzene ring substituents is 1. The van der Waals surface area contributed by atoms with Crippen LogP contribution in [-0.4, -0.2) is 23.2 Å². The third-order valence-electron chi connectivity index (χ3n) is 3.14. The third-order valence-corrected chi connectivity index (χ3v) is 4.22. The van der Waals surface area contributed by atoms with Gasteiger partial charge in [0.05, 0.1) is 23.3 Å². The smallest absolute Gasteiger partial charge is 0.271 e. The lowest BCUT2D eigenvalue weighted by molar-refractivity contribution is -0.384. The molecule has 7 heteroatoms. The van der Waals surface area contributed by atoms with Crippen molar-refractivity contribution in [2.75, 3.05) is 12.4 Å². The number of nitrogens with zero attached hydrogens (tertiary/aromatic N) is 1. The van der Waals surface area contributed by atoms with E-state index in [1.54, 1.807) is 23.9 Å². The number of ether oxygens (including phenoxy) is 1. The summed E-state index contributed by atoms with van der Waals surface area (Å²) in [4.78, 5) is 23.9. The van der Waals surface area contributed by atoms with Gasteiger partial charge in [-0.15, -0.1) is 11.8 Å². The highest BCUT2D eigenvalue weighted by Gasteiger charge is 2.17. The molecule has 0 spiro atoms. The Morgan fingerprint density at radius 1 is 1.25 bits per heavy atom. The van der Waals surface area contributed by atoms with Crippen LogP contribution >= 0.6 is 11.8 Å². The number of carbonyl (C=O) groups excluding carboxylic acids is 1. The number of benzene rings is 2. The Morgan fingerprint density at radius 3 is 2.58 bits per heavy atom. The molecule has 2 aromatic carbocycles. The quantitative estimate of drug-likeness (QED) is 0.477. The number of rotatable bonds is 6. The van der Waals surface area contributed by atoms with Crippen LogP contribution in [0.4, 0.5) is 11.4 Å². The normalized spacial score (nSPS) is 10.5. The Hall–Kier alpha value is -2.54. The van der Waals surface area contributed by atoms with Gasteiger partial charge in [-0.2, -0.15) is 0 Å². The van der Waals surface area contributed by atoms with Crippen LogP contribution in [0.1, 0.15) is 24.2 Å². The van der Waals surface area contributed by atoms with Crippen LogP contribution in [0.5, 0.6) is 5.75 Å². The topological polar surface area (TPSA) is 81.5 Å². The number of anilines is 1. The molecule has 0 heterocycles. The fraction of sp³-hybridized carbons (Fsp3) is 0.235. The molecule has 6 nitrogen and oxygen atoms in total. The summed E-state index contributed by atoms with van der Waals surface area (Å²) in [6, 6.07) is 11.3. The van der Waals surface area contributed by atoms with E-state index < -0.39 is 4.92 Å². The first-order valence-electron chi connectivity index (χ1n) is 7.32. The number of nitro groups is 1. The zero-order valence-corrected chi connectivity index (χ0v) is 14.4. The van der Waals surface area contributed by atoms with Gasteiger partial charge in [-0.25, -0.2) is 0 Å². The summed E-state index contributed by atoms with van der Waals surface area (Å²) < 4.78 is 5.17. The van der Waals surface area contributed by atoms with Crippen LogP contribution in [-0.2, 0) is 0 Å². The van der Waals surface area contributed by atoms with Gasteiger partial charge in [0.2, 0.25) is 0 Å². The molecule has 0 saturated carbocycles. The van der Waals surface area contributed by atoms with E-state index in [9.17, 15) is 14.9 Å². The zero-order chi connectivity index (χ0) is 17.7. The Bertz CT molecular complexity index is 762. The second-order valence-corrected chi connectivity index (χ2v) is 6.88. The molecule has 1 N–H and O–H groups in total. The zero-order valence-electron chi connectivity index (χ0n) is 13.6. The molecule has 0 aliphatic heterocycles. The average molecular weight is 346 g/mol. The van der Waals surface area contributed by atoms with E-state index in [4.69, 9.17) is 4.74 Å². The Morgan fingerprint density at radius 2 is 1.96 bits per heavy atom. The standard InChI is InChI=1S/C17H18N2O4S/c1-11(2)24-16-7-5-4-6-13(16)17(20)18-14-10-12(19(21)22)8-9-15(14)23-3/h4-11H,1-3H3,(H,18,20). The van der Waals surface area contributed by atoms with E-state index in [1.807, 2.05) is 26.0 Å². The van der Waals surface area contributed by atoms with Crippen LogP contribution in [0.3, 0.4) is 0 Å². The number of thioether (sulfide) groups is 1. The van der Waals surface area contributed by atoms with Gasteiger partial charge in [-0.3, -0.25) is 14.9 Å². The summed E-state index contributed by atoms with van der Waals surface area (Å²) >= 11 is 1.58. The first kappa shape index (κ1) is 17.8. The van der Waals surface area contributed by atoms with E-state index in [0.717, 1.165) is 4.90 Å². The van der Waals surface area contributed by atoms with Crippen molar-refractivity contribution in [1.82, 2.24) is 0 Å². The van der Waals surface area contributed by atoms with Gasteiger partial charge in [-0.1, -0.05) is 26.0 Å². The van der Waals surface area contributed by atoms with Crippen LogP contribution in [0.2, 0.25) is 0 Å². The fourth-order valence-corrected chi connectivity index (χ4v) is 3.06. The minimum atomic E-state index is -0.516. The molecule has 0 aliphatic rings. The molecule has 126 valence electrons. The molecule has 0 unspecified atom stereocenters. The van der Waals surface area contributed by atoms with E-state index in [2.05, 4.69) is 5.32 Å². The number of nitro benzene ring substituents is 1. The van der Waals surface area contributed by atoms with Crippen molar-refractivity contribution < 1.29 is 14.5 Å². The fourth-order valence-electron chi connectivity index (χ4n) is 2.11. The summed E-state index contributed by atoms with van der Waals surface area (Å²) in [5.41, 5.74) is 0.668. The number of amides is 1. The highest BCUT2D eigenvalue weighted by molar-refractivity contribution is 8.00. The van der Waals surface area contributed by atoms with E-state index in [-0.39, 0.29) is 17.3 Å². The third kappa shape index (κ3) is 4.26. The van der Waals surface area contributed by atoms with Gasteiger partial charge in [-0.05, 0) is 18.2 Å². The Kier molecular flexibility index (Phi) is 5.81. The van der Waals surface area contributed by atoms with E-state index >= 15 is 0 Å². The number of hydrogen-bond donors (Lipinski definition) is 1. The molecular weight excluding hydrogens is 328 g/mol. The van der Waals surface area contributed by atoms with Crippen molar-refractivity contribution in [3.05, 3.63) is 58.1 Å². The highest BCUT2D eigenvalue weighted by Crippen LogP contribution is 2.31. The minimum Gasteiger partial charge on any atom is -0.495 e. The number of carbonyl (C=O) groups is 1. The number of hydrogen-bond acceptors (Lipinski definition) is 5. The average Bonchev–Trinajstić information content (AvgIpc) is 2.54. The molecule has 2 rings (SSSR count). The number of nitrogens with one attached hydrogen (secondary N) is 1. The molecule has 0 fully saturated rings. The van der Waals surface area contributed by atoms with Crippen molar-refractivity contribution in [2.45, 2.75) is 24.0 Å². The molecule has 1 amide bonds. The van der Waals surface area contributed by atoms with Crippen LogP contribution in [0, 0.1) is 10.1 Å². The van der Waals surface area contributed by atoms with Crippen molar-refractivity contribution >= 4 is 29.0 Å². The molecular formula is C17H18N2O4S. The van der Waals surface area contributed by atoms with Crippen molar-refractivity contribution in [1.29, 1.82) is 0 Å². The van der Waals surface area contributed by atoms with Gasteiger partial charge in [0.1, 0.15) is 5.75 Å². The van der Waals surface area contributed by atoms with Crippen molar-refractivity contribution in [2.24, 2.45) is 0 Å². The molecule has 0 bridgehead atoms. The summed E-state index contributed by atoms with van der Waals surface area (Å²) in [5, 5.41) is 14.0. The van der Waals surface area contributed by atoms with Crippen LogP contribution in [0.25, 0.3) is 0 Å². The monoisotopic (exact) mass is 346 g/mol. The molecule has 24 heavy (non-hydrogen) atoms. The maximum Gasteiger partial charge on any atom is 0.271 e. The lowest BCUT2D eigenvalue weighted by Crippen LogP contribution is -2.14. The summed E-state index contributed by atoms with van der Waals surface area (Å²) in [6.07, 6.45) is 0. The van der Waals surface area contributed by atoms with Crippen molar-refractivity contribution in [3.63, 3.8) is 0 Å². The van der Waals surface area contributed by atoms with Crippen LogP contribution in [0.15, 0.2) is 47.4 Å². The summed E-state index contributed by atoms with van der Waals surface area (Å²) in [5.74, 6) is 0.0282. The predicted molar refractivity (Wildman–Crippen MR) is 95.0 cm³/mol. The SMILES string of the molecule is COc1ccc([N+](=O)[O-])cc1NC(=O)c1ccccc1SC(C)C. The highest BCUT2D eigenvalue weighted by atomic mass is 32.2. The Balaban J connectivity index is 2.33. The maximum atomic E-state index is 12.6. The summed E-state index contributed by atoms with van der Waals surface area (Å²) in [6.45, 7) is 4.09. The second-order valence-electron chi connectivity index (χ2n) is 5.26.